The molecule has 29 heavy (non-hydrogen) atoms. The summed E-state index contributed by atoms with van der Waals surface area (Å²) >= 11 is 5.33. The molecule has 0 N–H and O–H groups in total. The first-order valence-electron chi connectivity index (χ1n) is 10.4. The summed E-state index contributed by atoms with van der Waals surface area (Å²) in [6.45, 7) is 2.87. The van der Waals surface area contributed by atoms with Crippen LogP contribution < -0.4 is 0 Å². The molecule has 0 radical (unpaired) electrons. The Morgan fingerprint density at radius 1 is 1.03 bits per heavy atom. The van der Waals surface area contributed by atoms with E-state index < -0.39 is 10.0 Å². The zero-order chi connectivity index (χ0) is 20.4. The fraction of sp³-hybridized carbons (Fsp3) is 0.600. The van der Waals surface area contributed by atoms with Crippen LogP contribution in [0.5, 0.6) is 0 Å². The van der Waals surface area contributed by atoms with E-state index in [1.807, 2.05) is 19.2 Å². The second kappa shape index (κ2) is 8.67. The van der Waals surface area contributed by atoms with Crippen molar-refractivity contribution in [1.82, 2.24) is 23.6 Å². The summed E-state index contributed by atoms with van der Waals surface area (Å²) in [6, 6.07) is 7.61. The van der Waals surface area contributed by atoms with Gasteiger partial charge in [-0.3, -0.25) is 4.90 Å². The number of nitrogens with zero attached hydrogens (tertiary/aromatic N) is 5. The molecule has 7 nitrogen and oxygen atoms in total. The molecule has 0 atom stereocenters. The zero-order valence-electron chi connectivity index (χ0n) is 16.9. The molecule has 0 unspecified atom stereocenters. The number of sulfonamides is 1. The number of hydrogen-bond acceptors (Lipinski definition) is 5. The molecule has 4 rings (SSSR count). The monoisotopic (exact) mass is 435 g/mol. The van der Waals surface area contributed by atoms with Crippen LogP contribution in [0.1, 0.15) is 43.6 Å². The first-order chi connectivity index (χ1) is 13.9. The van der Waals surface area contributed by atoms with Crippen LogP contribution in [0.15, 0.2) is 35.5 Å². The average Bonchev–Trinajstić information content (AvgIpc) is 3.07. The number of piperazine rings is 1. The van der Waals surface area contributed by atoms with E-state index in [0.717, 1.165) is 0 Å². The number of benzene rings is 1. The molecule has 2 fully saturated rings. The van der Waals surface area contributed by atoms with Crippen molar-refractivity contribution in [2.75, 3.05) is 26.2 Å². The Balaban J connectivity index is 1.38. The number of aromatic nitrogens is 3. The minimum atomic E-state index is -3.45. The van der Waals surface area contributed by atoms with E-state index in [9.17, 15) is 8.42 Å². The van der Waals surface area contributed by atoms with Gasteiger partial charge in [0.15, 0.2) is 4.77 Å². The van der Waals surface area contributed by atoms with Crippen LogP contribution in [-0.2, 0) is 23.7 Å². The van der Waals surface area contributed by atoms with Crippen molar-refractivity contribution < 1.29 is 8.42 Å². The SMILES string of the molecule is Cn1cnn(CN2CCN(S(=O)(=O)c3ccc(C4CCCCC4)cc3)CC2)c1=S. The van der Waals surface area contributed by atoms with Crippen molar-refractivity contribution in [2.45, 2.75) is 49.6 Å². The molecule has 2 aliphatic rings. The molecule has 2 aromatic rings. The highest BCUT2D eigenvalue weighted by atomic mass is 32.2. The van der Waals surface area contributed by atoms with Gasteiger partial charge in [-0.1, -0.05) is 31.4 Å². The van der Waals surface area contributed by atoms with Crippen molar-refractivity contribution in [2.24, 2.45) is 7.05 Å². The van der Waals surface area contributed by atoms with Gasteiger partial charge in [0, 0.05) is 33.2 Å². The third-order valence-electron chi connectivity index (χ3n) is 6.15. The van der Waals surface area contributed by atoms with Crippen LogP contribution in [0.3, 0.4) is 0 Å². The van der Waals surface area contributed by atoms with E-state index in [1.54, 1.807) is 32.0 Å². The number of aryl methyl sites for hydroxylation is 1. The van der Waals surface area contributed by atoms with E-state index in [2.05, 4.69) is 10.00 Å². The molecule has 1 aromatic heterocycles. The standard InChI is InChI=1S/C20H29N5O2S2/c1-22-15-21-25(20(22)28)16-23-11-13-24(14-12-23)29(26,27)19-9-7-18(8-10-19)17-5-3-2-4-6-17/h7-10,15,17H,2-6,11-14,16H2,1H3. The highest BCUT2D eigenvalue weighted by molar-refractivity contribution is 7.89. The molecule has 0 spiro atoms. The molecule has 1 saturated heterocycles. The van der Waals surface area contributed by atoms with Crippen LogP contribution in [0.25, 0.3) is 0 Å². The lowest BCUT2D eigenvalue weighted by molar-refractivity contribution is 0.144. The molecule has 1 saturated carbocycles. The van der Waals surface area contributed by atoms with Crippen LogP contribution >= 0.6 is 12.2 Å². The highest BCUT2D eigenvalue weighted by Gasteiger charge is 2.29. The average molecular weight is 436 g/mol. The predicted molar refractivity (Wildman–Crippen MR) is 115 cm³/mol. The lowest BCUT2D eigenvalue weighted by Gasteiger charge is -2.33. The Morgan fingerprint density at radius 3 is 2.28 bits per heavy atom. The van der Waals surface area contributed by atoms with E-state index in [0.29, 0.717) is 48.4 Å². The summed E-state index contributed by atoms with van der Waals surface area (Å²) in [5.41, 5.74) is 1.28. The number of rotatable bonds is 5. The third-order valence-corrected chi connectivity index (χ3v) is 8.56. The van der Waals surface area contributed by atoms with Gasteiger partial charge >= 0.3 is 0 Å². The Morgan fingerprint density at radius 2 is 1.69 bits per heavy atom. The smallest absolute Gasteiger partial charge is 0.243 e. The summed E-state index contributed by atoms with van der Waals surface area (Å²) in [5, 5.41) is 4.27. The molecule has 158 valence electrons. The zero-order valence-corrected chi connectivity index (χ0v) is 18.5. The van der Waals surface area contributed by atoms with Crippen LogP contribution in [0, 0.1) is 4.77 Å². The van der Waals surface area contributed by atoms with Crippen LogP contribution in [0.2, 0.25) is 0 Å². The first-order valence-corrected chi connectivity index (χ1v) is 12.2. The molecule has 1 aromatic carbocycles. The molecule has 1 aliphatic carbocycles. The predicted octanol–water partition coefficient (Wildman–Crippen LogP) is 2.96. The maximum Gasteiger partial charge on any atom is 0.243 e. The van der Waals surface area contributed by atoms with Crippen molar-refractivity contribution in [3.63, 3.8) is 0 Å². The minimum Gasteiger partial charge on any atom is -0.310 e. The quantitative estimate of drug-likeness (QED) is 0.676. The molecule has 1 aliphatic heterocycles. The Hall–Kier alpha value is -1.55. The summed E-state index contributed by atoms with van der Waals surface area (Å²) in [4.78, 5) is 2.58. The maximum atomic E-state index is 13.1. The van der Waals surface area contributed by atoms with Gasteiger partial charge in [-0.25, -0.2) is 13.1 Å². The molecule has 0 bridgehead atoms. The van der Waals surface area contributed by atoms with Gasteiger partial charge in [0.1, 0.15) is 6.33 Å². The van der Waals surface area contributed by atoms with E-state index in [4.69, 9.17) is 12.2 Å². The second-order valence-electron chi connectivity index (χ2n) is 8.09. The van der Waals surface area contributed by atoms with Gasteiger partial charge in [0.2, 0.25) is 10.0 Å². The summed E-state index contributed by atoms with van der Waals surface area (Å²) in [6.07, 6.45) is 8.00. The van der Waals surface area contributed by atoms with E-state index in [-0.39, 0.29) is 0 Å². The van der Waals surface area contributed by atoms with Crippen LogP contribution in [0.4, 0.5) is 0 Å². The largest absolute Gasteiger partial charge is 0.310 e. The topological polar surface area (TPSA) is 63.4 Å². The molecule has 0 amide bonds. The van der Waals surface area contributed by atoms with Crippen molar-refractivity contribution >= 4 is 22.2 Å². The maximum absolute atomic E-state index is 13.1. The van der Waals surface area contributed by atoms with Crippen molar-refractivity contribution in [3.05, 3.63) is 40.9 Å². The second-order valence-corrected chi connectivity index (χ2v) is 10.4. The summed E-state index contributed by atoms with van der Waals surface area (Å²) in [7, 11) is -1.58. The van der Waals surface area contributed by atoms with E-state index >= 15 is 0 Å². The highest BCUT2D eigenvalue weighted by Crippen LogP contribution is 2.33. The first kappa shape index (κ1) is 20.7. The Kier molecular flexibility index (Phi) is 6.19. The fourth-order valence-corrected chi connectivity index (χ4v) is 5.89. The lowest BCUT2D eigenvalue weighted by Crippen LogP contribution is -2.48. The van der Waals surface area contributed by atoms with Gasteiger partial charge in [0.05, 0.1) is 11.6 Å². The normalized spacial score (nSPS) is 20.2. The van der Waals surface area contributed by atoms with Crippen LogP contribution in [-0.4, -0.2) is 58.1 Å². The third kappa shape index (κ3) is 4.47. The van der Waals surface area contributed by atoms with Crippen molar-refractivity contribution in [3.8, 4) is 0 Å². The molecular formula is C20H29N5O2S2. The molecule has 9 heteroatoms. The summed E-state index contributed by atoms with van der Waals surface area (Å²) < 4.78 is 32.0. The van der Waals surface area contributed by atoms with Gasteiger partial charge in [-0.2, -0.15) is 9.40 Å². The summed E-state index contributed by atoms with van der Waals surface area (Å²) in [5.74, 6) is 0.586. The Bertz CT molecular complexity index is 983. The lowest BCUT2D eigenvalue weighted by atomic mass is 9.84. The molecular weight excluding hydrogens is 406 g/mol. The Labute approximate surface area is 178 Å². The van der Waals surface area contributed by atoms with Gasteiger partial charge in [-0.15, -0.1) is 0 Å². The molecule has 2 heterocycles. The van der Waals surface area contributed by atoms with E-state index in [1.165, 1.54) is 37.7 Å². The van der Waals surface area contributed by atoms with Gasteiger partial charge in [-0.05, 0) is 48.7 Å². The fourth-order valence-electron chi connectivity index (χ4n) is 4.32. The van der Waals surface area contributed by atoms with Gasteiger partial charge in [0.25, 0.3) is 0 Å². The van der Waals surface area contributed by atoms with Gasteiger partial charge < -0.3 is 4.57 Å². The number of hydrogen-bond donors (Lipinski definition) is 0. The van der Waals surface area contributed by atoms with Crippen molar-refractivity contribution in [1.29, 1.82) is 0 Å². The minimum absolute atomic E-state index is 0.400.